The lowest BCUT2D eigenvalue weighted by Gasteiger charge is -2.16. The Morgan fingerprint density at radius 1 is 1.43 bits per heavy atom. The smallest absolute Gasteiger partial charge is 0.224 e. The first-order valence-corrected chi connectivity index (χ1v) is 7.41. The highest BCUT2D eigenvalue weighted by Crippen LogP contribution is 2.47. The Balaban J connectivity index is 0.00000220. The predicted molar refractivity (Wildman–Crippen MR) is 85.0 cm³/mol. The van der Waals surface area contributed by atoms with Crippen LogP contribution in [0.15, 0.2) is 24.3 Å². The molecular formula is C16H24ClFN2O. The number of benzene rings is 1. The van der Waals surface area contributed by atoms with Crippen LogP contribution in [0, 0.1) is 11.7 Å². The van der Waals surface area contributed by atoms with E-state index >= 15 is 0 Å². The molecule has 0 aliphatic heterocycles. The zero-order valence-corrected chi connectivity index (χ0v) is 13.2. The van der Waals surface area contributed by atoms with Crippen molar-refractivity contribution in [2.24, 2.45) is 11.7 Å². The minimum atomic E-state index is -0.238. The van der Waals surface area contributed by atoms with Crippen molar-refractivity contribution in [3.8, 4) is 0 Å². The zero-order valence-electron chi connectivity index (χ0n) is 12.3. The van der Waals surface area contributed by atoms with Crippen molar-refractivity contribution in [3.05, 3.63) is 35.6 Å². The van der Waals surface area contributed by atoms with Gasteiger partial charge in [0.15, 0.2) is 0 Å². The Morgan fingerprint density at radius 2 is 2.10 bits per heavy atom. The van der Waals surface area contributed by atoms with E-state index in [1.54, 1.807) is 12.1 Å². The molecule has 3 N–H and O–H groups in total. The lowest BCUT2D eigenvalue weighted by atomic mass is 10.1. The van der Waals surface area contributed by atoms with Gasteiger partial charge in [-0.1, -0.05) is 31.9 Å². The second-order valence-corrected chi connectivity index (χ2v) is 5.58. The average molecular weight is 315 g/mol. The molecular weight excluding hydrogens is 291 g/mol. The molecule has 118 valence electrons. The van der Waals surface area contributed by atoms with Crippen molar-refractivity contribution in [3.63, 3.8) is 0 Å². The lowest BCUT2D eigenvalue weighted by Crippen LogP contribution is -2.41. The van der Waals surface area contributed by atoms with Crippen molar-refractivity contribution < 1.29 is 9.18 Å². The molecule has 0 radical (unpaired) electrons. The maximum absolute atomic E-state index is 12.9. The van der Waals surface area contributed by atoms with Gasteiger partial charge in [-0.3, -0.25) is 4.79 Å². The van der Waals surface area contributed by atoms with E-state index in [2.05, 4.69) is 12.2 Å². The molecule has 1 saturated carbocycles. The van der Waals surface area contributed by atoms with Crippen molar-refractivity contribution >= 4 is 18.3 Å². The number of carbonyl (C=O) groups excluding carboxylic acids is 1. The quantitative estimate of drug-likeness (QED) is 0.813. The number of nitrogens with two attached hydrogens (primary N) is 1. The number of nitrogens with one attached hydrogen (secondary N) is 1. The molecule has 1 aliphatic rings. The number of carbonyl (C=O) groups is 1. The minimum Gasteiger partial charge on any atom is -0.352 e. The van der Waals surface area contributed by atoms with Crippen molar-refractivity contribution in [2.45, 2.75) is 44.6 Å². The lowest BCUT2D eigenvalue weighted by molar-refractivity contribution is -0.123. The Hall–Kier alpha value is -1.13. The number of halogens is 2. The van der Waals surface area contributed by atoms with Crippen LogP contribution in [0.3, 0.4) is 0 Å². The standard InChI is InChI=1S/C16H23FN2O.ClH/c1-2-3-4-13(10-18)19-16(20)15-9-14(15)11-5-7-12(17)8-6-11;/h5-8,13-15H,2-4,9-10,18H2,1H3,(H,19,20);1H. The molecule has 3 unspecified atom stereocenters. The molecule has 0 bridgehead atoms. The van der Waals surface area contributed by atoms with Gasteiger partial charge >= 0.3 is 0 Å². The van der Waals surface area contributed by atoms with E-state index in [-0.39, 0.29) is 42.0 Å². The number of unbranched alkanes of at least 4 members (excludes halogenated alkanes) is 1. The largest absolute Gasteiger partial charge is 0.352 e. The van der Waals surface area contributed by atoms with Crippen LogP contribution in [0.2, 0.25) is 0 Å². The van der Waals surface area contributed by atoms with Crippen LogP contribution in [0.25, 0.3) is 0 Å². The third kappa shape index (κ3) is 4.97. The van der Waals surface area contributed by atoms with E-state index in [1.165, 1.54) is 12.1 Å². The number of amides is 1. The Labute approximate surface area is 131 Å². The third-order valence-corrected chi connectivity index (χ3v) is 3.96. The molecule has 5 heteroatoms. The van der Waals surface area contributed by atoms with E-state index in [1.807, 2.05) is 0 Å². The molecule has 21 heavy (non-hydrogen) atoms. The predicted octanol–water partition coefficient (Wildman–Crippen LogP) is 2.98. The fraction of sp³-hybridized carbons (Fsp3) is 0.562. The Bertz CT molecular complexity index is 452. The summed E-state index contributed by atoms with van der Waals surface area (Å²) in [4.78, 5) is 12.1. The summed E-state index contributed by atoms with van der Waals surface area (Å²) in [6, 6.07) is 6.52. The van der Waals surface area contributed by atoms with E-state index in [4.69, 9.17) is 5.73 Å². The molecule has 0 heterocycles. The summed E-state index contributed by atoms with van der Waals surface area (Å²) in [5, 5.41) is 3.04. The number of rotatable bonds is 7. The summed E-state index contributed by atoms with van der Waals surface area (Å²) in [5.41, 5.74) is 6.73. The van der Waals surface area contributed by atoms with Crippen LogP contribution in [0.1, 0.15) is 44.1 Å². The molecule has 3 nitrogen and oxygen atoms in total. The first-order valence-electron chi connectivity index (χ1n) is 7.41. The molecule has 1 aliphatic carbocycles. The second kappa shape index (κ2) is 8.35. The van der Waals surface area contributed by atoms with E-state index in [0.717, 1.165) is 31.2 Å². The van der Waals surface area contributed by atoms with Crippen LogP contribution in [-0.4, -0.2) is 18.5 Å². The highest BCUT2D eigenvalue weighted by molar-refractivity contribution is 5.85. The summed E-state index contributed by atoms with van der Waals surface area (Å²) < 4.78 is 12.9. The highest BCUT2D eigenvalue weighted by Gasteiger charge is 2.44. The second-order valence-electron chi connectivity index (χ2n) is 5.58. The van der Waals surface area contributed by atoms with Crippen molar-refractivity contribution in [1.82, 2.24) is 5.32 Å². The Morgan fingerprint density at radius 3 is 2.67 bits per heavy atom. The maximum atomic E-state index is 12.9. The fourth-order valence-corrected chi connectivity index (χ4v) is 2.57. The summed E-state index contributed by atoms with van der Waals surface area (Å²) in [7, 11) is 0. The SMILES string of the molecule is CCCCC(CN)NC(=O)C1CC1c1ccc(F)cc1.Cl. The van der Waals surface area contributed by atoms with Crippen LogP contribution in [-0.2, 0) is 4.79 Å². The van der Waals surface area contributed by atoms with Gasteiger partial charge in [-0.25, -0.2) is 4.39 Å². The normalized spacial score (nSPS) is 21.3. The van der Waals surface area contributed by atoms with E-state index < -0.39 is 0 Å². The van der Waals surface area contributed by atoms with Gasteiger partial charge in [0.2, 0.25) is 5.91 Å². The van der Waals surface area contributed by atoms with Crippen molar-refractivity contribution in [1.29, 1.82) is 0 Å². The maximum Gasteiger partial charge on any atom is 0.224 e. The molecule has 1 fully saturated rings. The van der Waals surface area contributed by atoms with E-state index in [9.17, 15) is 9.18 Å². The van der Waals surface area contributed by atoms with Crippen LogP contribution in [0.5, 0.6) is 0 Å². The van der Waals surface area contributed by atoms with Gasteiger partial charge in [0.25, 0.3) is 0 Å². The van der Waals surface area contributed by atoms with E-state index in [0.29, 0.717) is 6.54 Å². The first kappa shape index (κ1) is 17.9. The highest BCUT2D eigenvalue weighted by atomic mass is 35.5. The van der Waals surface area contributed by atoms with Gasteiger partial charge in [-0.05, 0) is 36.5 Å². The molecule has 0 saturated heterocycles. The monoisotopic (exact) mass is 314 g/mol. The summed E-state index contributed by atoms with van der Waals surface area (Å²) in [5.74, 6) is 0.111. The molecule has 3 atom stereocenters. The van der Waals surface area contributed by atoms with Gasteiger partial charge < -0.3 is 11.1 Å². The summed E-state index contributed by atoms with van der Waals surface area (Å²) in [6.45, 7) is 2.61. The first-order chi connectivity index (χ1) is 9.65. The average Bonchev–Trinajstić information content (AvgIpc) is 3.24. The molecule has 2 rings (SSSR count). The van der Waals surface area contributed by atoms with Gasteiger partial charge in [0, 0.05) is 18.5 Å². The number of hydrogen-bond donors (Lipinski definition) is 2. The van der Waals surface area contributed by atoms with Gasteiger partial charge in [0.05, 0.1) is 0 Å². The Kier molecular flexibility index (Phi) is 7.12. The minimum absolute atomic E-state index is 0. The molecule has 0 aromatic heterocycles. The summed E-state index contributed by atoms with van der Waals surface area (Å²) >= 11 is 0. The summed E-state index contributed by atoms with van der Waals surface area (Å²) in [6.07, 6.45) is 3.97. The third-order valence-electron chi connectivity index (χ3n) is 3.96. The van der Waals surface area contributed by atoms with Crippen LogP contribution in [0.4, 0.5) is 4.39 Å². The van der Waals surface area contributed by atoms with Gasteiger partial charge in [-0.2, -0.15) is 0 Å². The molecule has 0 spiro atoms. The zero-order chi connectivity index (χ0) is 14.5. The fourth-order valence-electron chi connectivity index (χ4n) is 2.57. The molecule has 1 aromatic rings. The van der Waals surface area contributed by atoms with Crippen LogP contribution >= 0.6 is 12.4 Å². The van der Waals surface area contributed by atoms with Gasteiger partial charge in [-0.15, -0.1) is 12.4 Å². The number of hydrogen-bond acceptors (Lipinski definition) is 2. The van der Waals surface area contributed by atoms with Crippen molar-refractivity contribution in [2.75, 3.05) is 6.54 Å². The van der Waals surface area contributed by atoms with Crippen LogP contribution < -0.4 is 11.1 Å². The topological polar surface area (TPSA) is 55.1 Å². The van der Waals surface area contributed by atoms with Gasteiger partial charge in [0.1, 0.15) is 5.82 Å². The molecule has 1 amide bonds. The molecule has 1 aromatic carbocycles.